The lowest BCUT2D eigenvalue weighted by atomic mass is 10.0. The van der Waals surface area contributed by atoms with E-state index in [4.69, 9.17) is 18.0 Å². The van der Waals surface area contributed by atoms with Gasteiger partial charge in [-0.3, -0.25) is 9.69 Å². The van der Waals surface area contributed by atoms with Gasteiger partial charge in [0.25, 0.3) is 5.91 Å². The number of benzene rings is 1. The fourth-order valence-corrected chi connectivity index (χ4v) is 2.90. The number of phenolic OH excluding ortho intramolecular Hbond substituents is 1. The van der Waals surface area contributed by atoms with E-state index in [1.165, 1.54) is 6.07 Å². The Kier molecular flexibility index (Phi) is 5.77. The Bertz CT molecular complexity index is 545. The fraction of sp³-hybridized carbons (Fsp3) is 0.429. The molecule has 1 amide bonds. The van der Waals surface area contributed by atoms with Gasteiger partial charge < -0.3 is 16.2 Å². The Hall–Kier alpha value is -0.930. The number of nitrogens with one attached hydrogen (secondary N) is 1. The van der Waals surface area contributed by atoms with Crippen LogP contribution in [0.3, 0.4) is 0 Å². The van der Waals surface area contributed by atoms with Crippen LogP contribution in [-0.2, 0) is 0 Å². The van der Waals surface area contributed by atoms with E-state index >= 15 is 0 Å². The summed E-state index contributed by atoms with van der Waals surface area (Å²) in [4.78, 5) is 14.9. The third-order valence-electron chi connectivity index (χ3n) is 3.51. The Morgan fingerprint density at radius 3 is 2.71 bits per heavy atom. The minimum Gasteiger partial charge on any atom is -0.507 e. The molecule has 0 atom stereocenters. The van der Waals surface area contributed by atoms with E-state index in [0.717, 1.165) is 29.5 Å². The van der Waals surface area contributed by atoms with Crippen LogP contribution in [-0.4, -0.2) is 46.6 Å². The number of hydrogen-bond donors (Lipinski definition) is 3. The van der Waals surface area contributed by atoms with Crippen molar-refractivity contribution < 1.29 is 9.90 Å². The SMILES string of the molecule is NC(=S)CN1CCC(NC(=O)c2ccc(I)c(O)c2)CC1. The molecule has 4 N–H and O–H groups in total. The van der Waals surface area contributed by atoms with E-state index in [1.807, 2.05) is 22.6 Å². The highest BCUT2D eigenvalue weighted by Crippen LogP contribution is 2.20. The van der Waals surface area contributed by atoms with Gasteiger partial charge in [0.15, 0.2) is 0 Å². The lowest BCUT2D eigenvalue weighted by Crippen LogP contribution is -2.46. The van der Waals surface area contributed by atoms with Crippen LogP contribution in [0.4, 0.5) is 0 Å². The van der Waals surface area contributed by atoms with Gasteiger partial charge in [0, 0.05) is 31.2 Å². The van der Waals surface area contributed by atoms with Crippen molar-refractivity contribution in [2.45, 2.75) is 18.9 Å². The Labute approximate surface area is 143 Å². The molecule has 0 unspecified atom stereocenters. The van der Waals surface area contributed by atoms with Gasteiger partial charge in [0.2, 0.25) is 0 Å². The van der Waals surface area contributed by atoms with Gasteiger partial charge in [-0.05, 0) is 53.6 Å². The molecule has 0 aromatic heterocycles. The minimum atomic E-state index is -0.144. The normalized spacial score (nSPS) is 16.6. The number of piperidine rings is 1. The van der Waals surface area contributed by atoms with Crippen molar-refractivity contribution in [1.29, 1.82) is 0 Å². The molecular formula is C14H18IN3O2S. The lowest BCUT2D eigenvalue weighted by Gasteiger charge is -2.31. The largest absolute Gasteiger partial charge is 0.507 e. The summed E-state index contributed by atoms with van der Waals surface area (Å²) in [7, 11) is 0. The molecule has 1 heterocycles. The fourth-order valence-electron chi connectivity index (χ4n) is 2.38. The van der Waals surface area contributed by atoms with Gasteiger partial charge in [-0.1, -0.05) is 12.2 Å². The summed E-state index contributed by atoms with van der Waals surface area (Å²) in [6.07, 6.45) is 1.76. The van der Waals surface area contributed by atoms with Crippen molar-refractivity contribution >= 4 is 45.7 Å². The predicted molar refractivity (Wildman–Crippen MR) is 94.5 cm³/mol. The zero-order chi connectivity index (χ0) is 15.4. The van der Waals surface area contributed by atoms with E-state index in [-0.39, 0.29) is 17.7 Å². The zero-order valence-corrected chi connectivity index (χ0v) is 14.5. The molecule has 2 rings (SSSR count). The van der Waals surface area contributed by atoms with Gasteiger partial charge in [-0.15, -0.1) is 0 Å². The third kappa shape index (κ3) is 4.79. The van der Waals surface area contributed by atoms with Crippen LogP contribution in [0.2, 0.25) is 0 Å². The molecule has 1 aromatic carbocycles. The summed E-state index contributed by atoms with van der Waals surface area (Å²) < 4.78 is 0.732. The quantitative estimate of drug-likeness (QED) is 0.509. The summed E-state index contributed by atoms with van der Waals surface area (Å²) in [5.41, 5.74) is 6.02. The maximum atomic E-state index is 12.2. The van der Waals surface area contributed by atoms with Crippen LogP contribution in [0.25, 0.3) is 0 Å². The van der Waals surface area contributed by atoms with Crippen molar-refractivity contribution in [1.82, 2.24) is 10.2 Å². The number of amides is 1. The Morgan fingerprint density at radius 2 is 2.14 bits per heavy atom. The van der Waals surface area contributed by atoms with Gasteiger partial charge in [0.1, 0.15) is 5.75 Å². The van der Waals surface area contributed by atoms with Gasteiger partial charge in [-0.25, -0.2) is 0 Å². The third-order valence-corrected chi connectivity index (χ3v) is 4.55. The number of phenols is 1. The molecule has 7 heteroatoms. The van der Waals surface area contributed by atoms with Crippen molar-refractivity contribution in [3.63, 3.8) is 0 Å². The van der Waals surface area contributed by atoms with E-state index < -0.39 is 0 Å². The summed E-state index contributed by atoms with van der Waals surface area (Å²) in [5.74, 6) is -0.0102. The summed E-state index contributed by atoms with van der Waals surface area (Å²) in [5, 5.41) is 12.7. The van der Waals surface area contributed by atoms with Crippen LogP contribution in [0.5, 0.6) is 5.75 Å². The Balaban J connectivity index is 1.86. The molecule has 0 radical (unpaired) electrons. The molecule has 0 aliphatic carbocycles. The van der Waals surface area contributed by atoms with Crippen molar-refractivity contribution in [2.75, 3.05) is 19.6 Å². The second-order valence-electron chi connectivity index (χ2n) is 5.16. The molecule has 1 aliphatic rings. The number of nitrogens with two attached hydrogens (primary N) is 1. The maximum Gasteiger partial charge on any atom is 0.251 e. The van der Waals surface area contributed by atoms with Gasteiger partial charge in [0.05, 0.1) is 8.56 Å². The van der Waals surface area contributed by atoms with Crippen molar-refractivity contribution in [2.24, 2.45) is 5.73 Å². The highest BCUT2D eigenvalue weighted by Gasteiger charge is 2.21. The van der Waals surface area contributed by atoms with E-state index in [1.54, 1.807) is 12.1 Å². The second-order valence-corrected chi connectivity index (χ2v) is 6.84. The number of nitrogens with zero attached hydrogens (tertiary/aromatic N) is 1. The van der Waals surface area contributed by atoms with E-state index in [0.29, 0.717) is 17.1 Å². The van der Waals surface area contributed by atoms with Crippen molar-refractivity contribution in [3.05, 3.63) is 27.3 Å². The number of rotatable bonds is 4. The van der Waals surface area contributed by atoms with Crippen LogP contribution in [0.1, 0.15) is 23.2 Å². The number of carbonyl (C=O) groups excluding carboxylic acids is 1. The first kappa shape index (κ1) is 16.4. The zero-order valence-electron chi connectivity index (χ0n) is 11.5. The standard InChI is InChI=1S/C14H18IN3O2S/c15-11-2-1-9(7-12(11)19)14(20)17-10-3-5-18(6-4-10)8-13(16)21/h1-2,7,10,19H,3-6,8H2,(H2,16,21)(H,17,20). The van der Waals surface area contributed by atoms with E-state index in [9.17, 15) is 9.90 Å². The average Bonchev–Trinajstić information content (AvgIpc) is 2.43. The van der Waals surface area contributed by atoms with Crippen LogP contribution < -0.4 is 11.1 Å². The van der Waals surface area contributed by atoms with Crippen molar-refractivity contribution in [3.8, 4) is 5.75 Å². The summed E-state index contributed by atoms with van der Waals surface area (Å²) >= 11 is 6.93. The molecule has 1 aliphatic heterocycles. The molecule has 114 valence electrons. The van der Waals surface area contributed by atoms with Gasteiger partial charge >= 0.3 is 0 Å². The smallest absolute Gasteiger partial charge is 0.251 e. The van der Waals surface area contributed by atoms with E-state index in [2.05, 4.69) is 10.2 Å². The molecular weight excluding hydrogens is 401 g/mol. The maximum absolute atomic E-state index is 12.2. The minimum absolute atomic E-state index is 0.134. The number of hydrogen-bond acceptors (Lipinski definition) is 4. The summed E-state index contributed by atoms with van der Waals surface area (Å²) in [6, 6.07) is 5.11. The first-order valence-corrected chi connectivity index (χ1v) is 8.24. The number of halogens is 1. The molecule has 0 spiro atoms. The first-order valence-electron chi connectivity index (χ1n) is 6.75. The number of thiocarbonyl (C=S) groups is 1. The topological polar surface area (TPSA) is 78.6 Å². The highest BCUT2D eigenvalue weighted by atomic mass is 127. The Morgan fingerprint density at radius 1 is 1.48 bits per heavy atom. The average molecular weight is 419 g/mol. The van der Waals surface area contributed by atoms with Gasteiger partial charge in [-0.2, -0.15) is 0 Å². The number of aromatic hydroxyl groups is 1. The molecule has 21 heavy (non-hydrogen) atoms. The molecule has 1 fully saturated rings. The molecule has 0 bridgehead atoms. The molecule has 0 saturated carbocycles. The van der Waals surface area contributed by atoms with Crippen LogP contribution in [0.15, 0.2) is 18.2 Å². The highest BCUT2D eigenvalue weighted by molar-refractivity contribution is 14.1. The molecule has 1 saturated heterocycles. The number of likely N-dealkylation sites (tertiary alicyclic amines) is 1. The second kappa shape index (κ2) is 7.37. The molecule has 1 aromatic rings. The number of carbonyl (C=O) groups is 1. The lowest BCUT2D eigenvalue weighted by molar-refractivity contribution is 0.0914. The monoisotopic (exact) mass is 419 g/mol. The van der Waals surface area contributed by atoms with Crippen LogP contribution in [0, 0.1) is 3.57 Å². The van der Waals surface area contributed by atoms with Crippen LogP contribution >= 0.6 is 34.8 Å². The summed E-state index contributed by atoms with van der Waals surface area (Å²) in [6.45, 7) is 2.39. The first-order chi connectivity index (χ1) is 9.95. The predicted octanol–water partition coefficient (Wildman–Crippen LogP) is 1.48. The molecule has 5 nitrogen and oxygen atoms in total.